The monoisotopic (exact) mass is 340 g/mol. The number of halogens is 1. The Labute approximate surface area is 141 Å². The molecule has 1 heterocycles. The number of rotatable bonds is 4. The van der Waals surface area contributed by atoms with Crippen LogP contribution in [0.2, 0.25) is 23.2 Å². The van der Waals surface area contributed by atoms with E-state index in [0.717, 1.165) is 43.5 Å². The maximum atomic E-state index is 6.47. The first-order chi connectivity index (χ1) is 10.2. The van der Waals surface area contributed by atoms with Gasteiger partial charge in [-0.2, -0.15) is 0 Å². The van der Waals surface area contributed by atoms with E-state index in [9.17, 15) is 0 Å². The van der Waals surface area contributed by atoms with Gasteiger partial charge in [0.1, 0.15) is 5.75 Å². The lowest BCUT2D eigenvalue weighted by molar-refractivity contribution is 0.233. The average Bonchev–Trinajstić information content (AvgIpc) is 2.42. The van der Waals surface area contributed by atoms with Crippen LogP contribution in [0.15, 0.2) is 18.2 Å². The topological polar surface area (TPSA) is 24.5 Å². The minimum atomic E-state index is -1.84. The number of hydrogen-bond donors (Lipinski definition) is 1. The van der Waals surface area contributed by atoms with Crippen molar-refractivity contribution in [3.05, 3.63) is 28.8 Å². The first-order valence-electron chi connectivity index (χ1n) is 8.09. The van der Waals surface area contributed by atoms with Crippen molar-refractivity contribution in [2.24, 2.45) is 0 Å². The summed E-state index contributed by atoms with van der Waals surface area (Å²) in [6.07, 6.45) is 0. The molecule has 3 nitrogen and oxygen atoms in total. The van der Waals surface area contributed by atoms with Crippen LogP contribution in [0.25, 0.3) is 0 Å². The zero-order valence-electron chi connectivity index (χ0n) is 14.5. The summed E-state index contributed by atoms with van der Waals surface area (Å²) in [6.45, 7) is 16.5. The molecule has 22 heavy (non-hydrogen) atoms. The fraction of sp³-hybridized carbons (Fsp3) is 0.647. The second kappa shape index (κ2) is 6.91. The summed E-state index contributed by atoms with van der Waals surface area (Å²) in [6, 6.07) is 6.25. The van der Waals surface area contributed by atoms with Crippen molar-refractivity contribution in [1.82, 2.24) is 10.2 Å². The van der Waals surface area contributed by atoms with E-state index in [1.165, 1.54) is 5.56 Å². The molecule has 1 aromatic carbocycles. The molecule has 0 saturated carbocycles. The van der Waals surface area contributed by atoms with E-state index in [0.29, 0.717) is 0 Å². The number of piperazine rings is 1. The van der Waals surface area contributed by atoms with Gasteiger partial charge in [0.15, 0.2) is 0 Å². The molecule has 0 radical (unpaired) electrons. The quantitative estimate of drug-likeness (QED) is 0.834. The van der Waals surface area contributed by atoms with E-state index in [1.807, 2.05) is 6.07 Å². The fourth-order valence-corrected chi connectivity index (χ4v) is 3.62. The third-order valence-corrected chi connectivity index (χ3v) is 9.42. The largest absolute Gasteiger partial charge is 0.543 e. The molecule has 124 valence electrons. The molecular weight excluding hydrogens is 312 g/mol. The van der Waals surface area contributed by atoms with Gasteiger partial charge in [0.2, 0.25) is 0 Å². The summed E-state index contributed by atoms with van der Waals surface area (Å²) < 4.78 is 6.33. The molecule has 1 fully saturated rings. The molecule has 1 aliphatic heterocycles. The van der Waals surface area contributed by atoms with Crippen molar-refractivity contribution in [3.8, 4) is 5.75 Å². The molecule has 0 bridgehead atoms. The highest BCUT2D eigenvalue weighted by Gasteiger charge is 2.39. The van der Waals surface area contributed by atoms with Crippen LogP contribution in [0.5, 0.6) is 5.75 Å². The van der Waals surface area contributed by atoms with Gasteiger partial charge in [0.05, 0.1) is 5.02 Å². The first kappa shape index (κ1) is 17.8. The molecular formula is C17H29ClN2OSi. The van der Waals surface area contributed by atoms with Crippen LogP contribution in [0.1, 0.15) is 26.3 Å². The Morgan fingerprint density at radius 2 is 1.86 bits per heavy atom. The van der Waals surface area contributed by atoms with Gasteiger partial charge in [-0.05, 0) is 35.8 Å². The average molecular weight is 341 g/mol. The zero-order valence-corrected chi connectivity index (χ0v) is 16.3. The van der Waals surface area contributed by atoms with Gasteiger partial charge in [-0.15, -0.1) is 0 Å². The van der Waals surface area contributed by atoms with Crippen LogP contribution in [0.3, 0.4) is 0 Å². The van der Waals surface area contributed by atoms with Crippen LogP contribution in [-0.4, -0.2) is 39.4 Å². The van der Waals surface area contributed by atoms with Crippen LogP contribution in [-0.2, 0) is 6.54 Å². The number of benzene rings is 1. The minimum Gasteiger partial charge on any atom is -0.543 e. The maximum absolute atomic E-state index is 6.47. The van der Waals surface area contributed by atoms with E-state index < -0.39 is 8.32 Å². The highest BCUT2D eigenvalue weighted by Crippen LogP contribution is 2.39. The molecule has 0 atom stereocenters. The van der Waals surface area contributed by atoms with Crippen molar-refractivity contribution in [2.45, 2.75) is 45.4 Å². The smallest absolute Gasteiger partial charge is 0.250 e. The summed E-state index contributed by atoms with van der Waals surface area (Å²) in [5.41, 5.74) is 1.26. The summed E-state index contributed by atoms with van der Waals surface area (Å²) >= 11 is 6.47. The van der Waals surface area contributed by atoms with Crippen molar-refractivity contribution in [2.75, 3.05) is 26.2 Å². The van der Waals surface area contributed by atoms with Crippen LogP contribution in [0, 0.1) is 0 Å². The Morgan fingerprint density at radius 1 is 1.23 bits per heavy atom. The predicted octanol–water partition coefficient (Wildman–Crippen LogP) is 4.13. The lowest BCUT2D eigenvalue weighted by Crippen LogP contribution is -2.44. The van der Waals surface area contributed by atoms with Crippen molar-refractivity contribution >= 4 is 19.9 Å². The van der Waals surface area contributed by atoms with Gasteiger partial charge in [0.25, 0.3) is 8.32 Å². The van der Waals surface area contributed by atoms with E-state index >= 15 is 0 Å². The van der Waals surface area contributed by atoms with E-state index in [1.54, 1.807) is 0 Å². The van der Waals surface area contributed by atoms with Crippen LogP contribution >= 0.6 is 11.6 Å². The molecule has 0 spiro atoms. The lowest BCUT2D eigenvalue weighted by atomic mass is 10.2. The lowest BCUT2D eigenvalue weighted by Gasteiger charge is -2.36. The summed E-state index contributed by atoms with van der Waals surface area (Å²) in [5.74, 6) is 0.831. The Balaban J connectivity index is 2.06. The van der Waals surface area contributed by atoms with Gasteiger partial charge in [-0.3, -0.25) is 4.90 Å². The van der Waals surface area contributed by atoms with E-state index in [4.69, 9.17) is 16.0 Å². The Morgan fingerprint density at radius 3 is 2.41 bits per heavy atom. The third-order valence-electron chi connectivity index (χ3n) is 4.78. The van der Waals surface area contributed by atoms with Crippen LogP contribution in [0.4, 0.5) is 0 Å². The molecule has 0 amide bonds. The molecule has 1 aromatic rings. The zero-order chi connectivity index (χ0) is 16.4. The summed E-state index contributed by atoms with van der Waals surface area (Å²) in [4.78, 5) is 2.45. The van der Waals surface area contributed by atoms with Gasteiger partial charge < -0.3 is 9.74 Å². The molecule has 0 aromatic heterocycles. The molecule has 0 unspecified atom stereocenters. The second-order valence-corrected chi connectivity index (χ2v) is 12.8. The van der Waals surface area contributed by atoms with E-state index in [-0.39, 0.29) is 5.04 Å². The Kier molecular flexibility index (Phi) is 5.59. The van der Waals surface area contributed by atoms with E-state index in [2.05, 4.69) is 56.2 Å². The number of nitrogens with one attached hydrogen (secondary N) is 1. The number of hydrogen-bond acceptors (Lipinski definition) is 3. The molecule has 1 aliphatic rings. The SMILES string of the molecule is CC(C)(C)[Si](C)(C)Oc1ccc(CN2CCNCC2)cc1Cl. The van der Waals surface area contributed by atoms with Crippen molar-refractivity contribution in [1.29, 1.82) is 0 Å². The normalized spacial score (nSPS) is 17.5. The maximum Gasteiger partial charge on any atom is 0.250 e. The molecule has 5 heteroatoms. The van der Waals surface area contributed by atoms with Crippen molar-refractivity contribution in [3.63, 3.8) is 0 Å². The van der Waals surface area contributed by atoms with Crippen molar-refractivity contribution < 1.29 is 4.43 Å². The summed E-state index contributed by atoms with van der Waals surface area (Å²) in [5, 5.41) is 4.29. The van der Waals surface area contributed by atoms with Gasteiger partial charge >= 0.3 is 0 Å². The third kappa shape index (κ3) is 4.48. The molecule has 1 saturated heterocycles. The van der Waals surface area contributed by atoms with Gasteiger partial charge in [0, 0.05) is 32.7 Å². The highest BCUT2D eigenvalue weighted by molar-refractivity contribution is 6.74. The van der Waals surface area contributed by atoms with Gasteiger partial charge in [-0.25, -0.2) is 0 Å². The predicted molar refractivity (Wildman–Crippen MR) is 97.4 cm³/mol. The highest BCUT2D eigenvalue weighted by atomic mass is 35.5. The first-order valence-corrected chi connectivity index (χ1v) is 11.4. The molecule has 2 rings (SSSR count). The fourth-order valence-electron chi connectivity index (χ4n) is 2.28. The minimum absolute atomic E-state index is 0.176. The molecule has 1 N–H and O–H groups in total. The summed E-state index contributed by atoms with van der Waals surface area (Å²) in [7, 11) is -1.84. The molecule has 0 aliphatic carbocycles. The van der Waals surface area contributed by atoms with Gasteiger partial charge in [-0.1, -0.05) is 38.4 Å². The standard InChI is InChI=1S/C17H29ClN2OSi/c1-17(2,3)22(4,5)21-16-7-6-14(12-15(16)18)13-20-10-8-19-9-11-20/h6-7,12,19H,8-11,13H2,1-5H3. The Bertz CT molecular complexity index is 508. The van der Waals surface area contributed by atoms with Crippen LogP contribution < -0.4 is 9.74 Å². The number of nitrogens with zero attached hydrogens (tertiary/aromatic N) is 1. The second-order valence-electron chi connectivity index (χ2n) is 7.65. The Hall–Kier alpha value is -0.553.